The van der Waals surface area contributed by atoms with Gasteiger partial charge in [0, 0.05) is 5.38 Å². The molecule has 0 amide bonds. The van der Waals surface area contributed by atoms with Crippen molar-refractivity contribution in [1.29, 1.82) is 0 Å². The largest absolute Gasteiger partial charge is 0.480 e. The number of anilines is 1. The van der Waals surface area contributed by atoms with Gasteiger partial charge >= 0.3 is 11.9 Å². The van der Waals surface area contributed by atoms with Crippen LogP contribution in [-0.4, -0.2) is 39.7 Å². The van der Waals surface area contributed by atoms with E-state index in [1.54, 1.807) is 19.2 Å². The number of carbonyl (C=O) groups is 2. The molecule has 2 heterocycles. The van der Waals surface area contributed by atoms with Crippen LogP contribution in [0.4, 0.5) is 5.82 Å². The Morgan fingerprint density at radius 1 is 1.43 bits per heavy atom. The van der Waals surface area contributed by atoms with Crippen molar-refractivity contribution in [3.05, 3.63) is 17.3 Å². The molecular weight excluding hydrogens is 294 g/mol. The van der Waals surface area contributed by atoms with Gasteiger partial charge in [0.2, 0.25) is 0 Å². The smallest absolute Gasteiger partial charge is 0.339 e. The summed E-state index contributed by atoms with van der Waals surface area (Å²) >= 11 is 1.29. The lowest BCUT2D eigenvalue weighted by molar-refractivity contribution is -0.137. The molecule has 0 aromatic carbocycles. The van der Waals surface area contributed by atoms with Crippen molar-refractivity contribution in [3.63, 3.8) is 0 Å². The molecule has 1 unspecified atom stereocenters. The lowest BCUT2D eigenvalue weighted by Crippen LogP contribution is -2.28. The van der Waals surface area contributed by atoms with Crippen LogP contribution in [0.5, 0.6) is 0 Å². The third-order valence-corrected chi connectivity index (χ3v) is 3.77. The molecule has 7 nitrogen and oxygen atoms in total. The molecule has 112 valence electrons. The van der Waals surface area contributed by atoms with Gasteiger partial charge in [0.05, 0.1) is 17.6 Å². The number of hydrogen-bond donors (Lipinski definition) is 2. The van der Waals surface area contributed by atoms with E-state index in [1.807, 2.05) is 0 Å². The summed E-state index contributed by atoms with van der Waals surface area (Å²) in [5.41, 5.74) is 0.347. The molecule has 2 aromatic rings. The SMILES string of the molecule is CCOC(=O)c1csc2ncnc(NC(CC)C(=O)O)c12. The highest BCUT2D eigenvalue weighted by atomic mass is 32.1. The highest BCUT2D eigenvalue weighted by molar-refractivity contribution is 7.17. The topological polar surface area (TPSA) is 101 Å². The molecule has 2 aromatic heterocycles. The van der Waals surface area contributed by atoms with Crippen LogP contribution in [0.25, 0.3) is 10.2 Å². The maximum absolute atomic E-state index is 11.9. The fraction of sp³-hybridized carbons (Fsp3) is 0.385. The Hall–Kier alpha value is -2.22. The normalized spacial score (nSPS) is 12.1. The van der Waals surface area contributed by atoms with Gasteiger partial charge in [0.25, 0.3) is 0 Å². The predicted octanol–water partition coefficient (Wildman–Crippen LogP) is 2.14. The molecule has 0 saturated carbocycles. The fourth-order valence-electron chi connectivity index (χ4n) is 1.85. The second-order valence-corrected chi connectivity index (χ2v) is 5.07. The molecule has 0 aliphatic rings. The van der Waals surface area contributed by atoms with Crippen molar-refractivity contribution >= 4 is 39.3 Å². The number of nitrogens with zero attached hydrogens (tertiary/aromatic N) is 2. The number of fused-ring (bicyclic) bond motifs is 1. The molecule has 0 fully saturated rings. The predicted molar refractivity (Wildman–Crippen MR) is 78.7 cm³/mol. The van der Waals surface area contributed by atoms with Crippen molar-refractivity contribution in [2.45, 2.75) is 26.3 Å². The van der Waals surface area contributed by atoms with Gasteiger partial charge in [-0.2, -0.15) is 0 Å². The van der Waals surface area contributed by atoms with Crippen LogP contribution in [0.2, 0.25) is 0 Å². The van der Waals surface area contributed by atoms with E-state index >= 15 is 0 Å². The molecule has 1 atom stereocenters. The minimum absolute atomic E-state index is 0.263. The minimum atomic E-state index is -0.975. The number of rotatable bonds is 6. The van der Waals surface area contributed by atoms with Gasteiger partial charge in [0.1, 0.15) is 23.0 Å². The summed E-state index contributed by atoms with van der Waals surface area (Å²) in [6, 6.07) is -0.780. The maximum Gasteiger partial charge on any atom is 0.339 e. The molecule has 2 N–H and O–H groups in total. The first kappa shape index (κ1) is 15.2. The molecule has 2 rings (SSSR count). The standard InChI is InChI=1S/C13H15N3O4S/c1-3-8(12(17)18)16-10-9-7(13(19)20-4-2)5-21-11(9)15-6-14-10/h5-6,8H,3-4H2,1-2H3,(H,17,18)(H,14,15,16). The Balaban J connectivity index is 2.46. The molecule has 0 aliphatic heterocycles. The number of aliphatic carboxylic acids is 1. The number of thiophene rings is 1. The van der Waals surface area contributed by atoms with E-state index in [-0.39, 0.29) is 6.61 Å². The number of aromatic nitrogens is 2. The lowest BCUT2D eigenvalue weighted by Gasteiger charge is -2.13. The quantitative estimate of drug-likeness (QED) is 0.788. The molecule has 0 radical (unpaired) electrons. The average molecular weight is 309 g/mol. The molecule has 0 aliphatic carbocycles. The first-order chi connectivity index (χ1) is 10.1. The van der Waals surface area contributed by atoms with E-state index in [1.165, 1.54) is 17.7 Å². The minimum Gasteiger partial charge on any atom is -0.480 e. The number of nitrogens with one attached hydrogen (secondary N) is 1. The Labute approximate surface area is 125 Å². The highest BCUT2D eigenvalue weighted by Gasteiger charge is 2.21. The van der Waals surface area contributed by atoms with Gasteiger partial charge in [0.15, 0.2) is 0 Å². The third kappa shape index (κ3) is 3.10. The zero-order valence-corrected chi connectivity index (χ0v) is 12.4. The zero-order chi connectivity index (χ0) is 15.4. The zero-order valence-electron chi connectivity index (χ0n) is 11.6. The van der Waals surface area contributed by atoms with Crippen molar-refractivity contribution < 1.29 is 19.4 Å². The van der Waals surface area contributed by atoms with Crippen LogP contribution >= 0.6 is 11.3 Å². The van der Waals surface area contributed by atoms with Gasteiger partial charge in [-0.15, -0.1) is 11.3 Å². The molecule has 0 bridgehead atoms. The Bertz CT molecular complexity index is 670. The van der Waals surface area contributed by atoms with Gasteiger partial charge in [-0.05, 0) is 13.3 Å². The summed E-state index contributed by atoms with van der Waals surface area (Å²) in [6.07, 6.45) is 1.73. The van der Waals surface area contributed by atoms with E-state index in [4.69, 9.17) is 9.84 Å². The van der Waals surface area contributed by atoms with Crippen LogP contribution in [0.3, 0.4) is 0 Å². The number of carbonyl (C=O) groups excluding carboxylic acids is 1. The van der Waals surface area contributed by atoms with E-state index < -0.39 is 18.0 Å². The summed E-state index contributed by atoms with van der Waals surface area (Å²) in [4.78, 5) is 31.8. The van der Waals surface area contributed by atoms with Gasteiger partial charge < -0.3 is 15.2 Å². The number of carboxylic acids is 1. The van der Waals surface area contributed by atoms with Crippen LogP contribution in [0, 0.1) is 0 Å². The van der Waals surface area contributed by atoms with E-state index in [0.29, 0.717) is 28.0 Å². The molecule has 0 saturated heterocycles. The first-order valence-electron chi connectivity index (χ1n) is 6.47. The van der Waals surface area contributed by atoms with Gasteiger partial charge in [-0.3, -0.25) is 0 Å². The van der Waals surface area contributed by atoms with Crippen LogP contribution < -0.4 is 5.32 Å². The highest BCUT2D eigenvalue weighted by Crippen LogP contribution is 2.30. The van der Waals surface area contributed by atoms with Crippen molar-refractivity contribution in [3.8, 4) is 0 Å². The Morgan fingerprint density at radius 3 is 2.81 bits per heavy atom. The monoisotopic (exact) mass is 309 g/mol. The maximum atomic E-state index is 11.9. The third-order valence-electron chi connectivity index (χ3n) is 2.88. The number of hydrogen-bond acceptors (Lipinski definition) is 7. The molecule has 21 heavy (non-hydrogen) atoms. The summed E-state index contributed by atoms with van der Waals surface area (Å²) in [7, 11) is 0. The van der Waals surface area contributed by atoms with E-state index in [0.717, 1.165) is 0 Å². The lowest BCUT2D eigenvalue weighted by atomic mass is 10.2. The van der Waals surface area contributed by atoms with Crippen LogP contribution in [0.1, 0.15) is 30.6 Å². The number of esters is 1. The van der Waals surface area contributed by atoms with Crippen molar-refractivity contribution in [1.82, 2.24) is 9.97 Å². The summed E-state index contributed by atoms with van der Waals surface area (Å²) in [5.74, 6) is -1.11. The van der Waals surface area contributed by atoms with Crippen molar-refractivity contribution in [2.75, 3.05) is 11.9 Å². The van der Waals surface area contributed by atoms with Gasteiger partial charge in [-0.25, -0.2) is 19.6 Å². The molecule has 0 spiro atoms. The molecular formula is C13H15N3O4S. The van der Waals surface area contributed by atoms with Gasteiger partial charge in [-0.1, -0.05) is 6.92 Å². The summed E-state index contributed by atoms with van der Waals surface area (Å²) in [5, 5.41) is 14.1. The van der Waals surface area contributed by atoms with E-state index in [2.05, 4.69) is 15.3 Å². The molecule has 8 heteroatoms. The summed E-state index contributed by atoms with van der Waals surface area (Å²) in [6.45, 7) is 3.74. The fourth-order valence-corrected chi connectivity index (χ4v) is 2.72. The van der Waals surface area contributed by atoms with Crippen LogP contribution in [0.15, 0.2) is 11.7 Å². The van der Waals surface area contributed by atoms with Crippen LogP contribution in [-0.2, 0) is 9.53 Å². The Kier molecular flexibility index (Phi) is 4.69. The number of carboxylic acid groups (broad SMARTS) is 1. The average Bonchev–Trinajstić information content (AvgIpc) is 2.89. The summed E-state index contributed by atoms with van der Waals surface area (Å²) < 4.78 is 5.00. The Morgan fingerprint density at radius 2 is 2.19 bits per heavy atom. The van der Waals surface area contributed by atoms with Crippen molar-refractivity contribution in [2.24, 2.45) is 0 Å². The van der Waals surface area contributed by atoms with E-state index in [9.17, 15) is 9.59 Å². The first-order valence-corrected chi connectivity index (χ1v) is 7.35. The second kappa shape index (κ2) is 6.49. The second-order valence-electron chi connectivity index (χ2n) is 4.22. The number of ether oxygens (including phenoxy) is 1.